The predicted octanol–water partition coefficient (Wildman–Crippen LogP) is 3.39. The third-order valence-electron chi connectivity index (χ3n) is 3.91. The van der Waals surface area contributed by atoms with Crippen LogP contribution in [0.2, 0.25) is 0 Å². The minimum absolute atomic E-state index is 0.285. The number of carbonyl (C=O) groups excluding carboxylic acids is 1. The number of anilines is 1. The Balaban J connectivity index is 1.93. The maximum absolute atomic E-state index is 11.8. The maximum atomic E-state index is 11.8. The van der Waals surface area contributed by atoms with Gasteiger partial charge in [-0.1, -0.05) is 18.2 Å². The van der Waals surface area contributed by atoms with Gasteiger partial charge in [-0.3, -0.25) is 0 Å². The minimum Gasteiger partial charge on any atom is -0.444 e. The number of benzene rings is 1. The van der Waals surface area contributed by atoms with Crippen LogP contribution in [-0.2, 0) is 11.3 Å². The number of carbonyl (C=O) groups is 1. The molecule has 0 spiro atoms. The molecule has 0 bridgehead atoms. The van der Waals surface area contributed by atoms with Crippen LogP contribution in [0, 0.1) is 0 Å². The van der Waals surface area contributed by atoms with Crippen molar-refractivity contribution in [1.29, 1.82) is 0 Å². The molecule has 2 rings (SSSR count). The van der Waals surface area contributed by atoms with Crippen LogP contribution in [0.1, 0.15) is 52.0 Å². The van der Waals surface area contributed by atoms with Gasteiger partial charge >= 0.3 is 6.09 Å². The molecule has 5 heteroatoms. The lowest BCUT2D eigenvalue weighted by atomic mass is 9.91. The van der Waals surface area contributed by atoms with Crippen molar-refractivity contribution in [3.8, 4) is 0 Å². The molecule has 2 unspecified atom stereocenters. The number of rotatable bonds is 4. The highest BCUT2D eigenvalue weighted by molar-refractivity contribution is 5.68. The number of para-hydroxylation sites is 1. The van der Waals surface area contributed by atoms with Crippen LogP contribution in [0.5, 0.6) is 0 Å². The standard InChI is InChI=1S/C18H29N3O2/c1-18(2,3)23-17(22)20-12-13-7-4-5-10-16(13)21-15-9-6-8-14(19)11-15/h4-5,7,10,14-15,21H,6,8-9,11-12,19H2,1-3H3,(H,20,22). The quantitative estimate of drug-likeness (QED) is 0.795. The van der Waals surface area contributed by atoms with Crippen LogP contribution >= 0.6 is 0 Å². The number of hydrogen-bond donors (Lipinski definition) is 3. The highest BCUT2D eigenvalue weighted by atomic mass is 16.6. The Morgan fingerprint density at radius 1 is 1.30 bits per heavy atom. The van der Waals surface area contributed by atoms with Gasteiger partial charge in [-0.2, -0.15) is 0 Å². The van der Waals surface area contributed by atoms with E-state index in [9.17, 15) is 4.79 Å². The smallest absolute Gasteiger partial charge is 0.407 e. The molecule has 4 N–H and O–H groups in total. The zero-order chi connectivity index (χ0) is 16.9. The van der Waals surface area contributed by atoms with Crippen LogP contribution in [0.25, 0.3) is 0 Å². The molecule has 1 aromatic rings. The van der Waals surface area contributed by atoms with Crippen LogP contribution in [-0.4, -0.2) is 23.8 Å². The number of nitrogens with one attached hydrogen (secondary N) is 2. The van der Waals surface area contributed by atoms with Crippen LogP contribution < -0.4 is 16.4 Å². The lowest BCUT2D eigenvalue weighted by Gasteiger charge is -2.29. The van der Waals surface area contributed by atoms with Gasteiger partial charge in [0.05, 0.1) is 0 Å². The average molecular weight is 319 g/mol. The molecule has 0 radical (unpaired) electrons. The molecule has 1 aliphatic rings. The second-order valence-electron chi connectivity index (χ2n) is 7.28. The first-order valence-corrected chi connectivity index (χ1v) is 8.40. The van der Waals surface area contributed by atoms with Gasteiger partial charge in [0.25, 0.3) is 0 Å². The maximum Gasteiger partial charge on any atom is 0.407 e. The highest BCUT2D eigenvalue weighted by Gasteiger charge is 2.20. The third-order valence-corrected chi connectivity index (χ3v) is 3.91. The van der Waals surface area contributed by atoms with E-state index in [-0.39, 0.29) is 6.04 Å². The van der Waals surface area contributed by atoms with Crippen molar-refractivity contribution in [2.45, 2.75) is 70.7 Å². The summed E-state index contributed by atoms with van der Waals surface area (Å²) in [4.78, 5) is 11.8. The summed E-state index contributed by atoms with van der Waals surface area (Å²) < 4.78 is 5.28. The van der Waals surface area contributed by atoms with Gasteiger partial charge in [0.15, 0.2) is 0 Å². The summed E-state index contributed by atoms with van der Waals surface area (Å²) in [5.74, 6) is 0. The second-order valence-corrected chi connectivity index (χ2v) is 7.28. The highest BCUT2D eigenvalue weighted by Crippen LogP contribution is 2.23. The van der Waals surface area contributed by atoms with Crippen molar-refractivity contribution < 1.29 is 9.53 Å². The van der Waals surface area contributed by atoms with Crippen molar-refractivity contribution in [3.05, 3.63) is 29.8 Å². The van der Waals surface area contributed by atoms with Crippen LogP contribution in [0.3, 0.4) is 0 Å². The van der Waals surface area contributed by atoms with E-state index in [0.29, 0.717) is 12.6 Å². The van der Waals surface area contributed by atoms with E-state index in [2.05, 4.69) is 10.6 Å². The Kier molecular flexibility index (Phi) is 5.88. The predicted molar refractivity (Wildman–Crippen MR) is 93.4 cm³/mol. The lowest BCUT2D eigenvalue weighted by molar-refractivity contribution is 0.0523. The van der Waals surface area contributed by atoms with E-state index in [1.165, 1.54) is 0 Å². The first-order valence-electron chi connectivity index (χ1n) is 8.40. The Morgan fingerprint density at radius 3 is 2.74 bits per heavy atom. The lowest BCUT2D eigenvalue weighted by Crippen LogP contribution is -2.35. The first-order chi connectivity index (χ1) is 10.8. The summed E-state index contributed by atoms with van der Waals surface area (Å²) >= 11 is 0. The fraction of sp³-hybridized carbons (Fsp3) is 0.611. The number of amides is 1. The molecule has 1 amide bonds. The number of hydrogen-bond acceptors (Lipinski definition) is 4. The van der Waals surface area contributed by atoms with E-state index in [0.717, 1.165) is 36.9 Å². The molecule has 5 nitrogen and oxygen atoms in total. The molecule has 23 heavy (non-hydrogen) atoms. The fourth-order valence-electron chi connectivity index (χ4n) is 2.88. The molecular weight excluding hydrogens is 290 g/mol. The van der Waals surface area contributed by atoms with E-state index >= 15 is 0 Å². The molecule has 1 fully saturated rings. The third kappa shape index (κ3) is 6.10. The minimum atomic E-state index is -0.486. The van der Waals surface area contributed by atoms with E-state index in [4.69, 9.17) is 10.5 Å². The van der Waals surface area contributed by atoms with Gasteiger partial charge in [0, 0.05) is 24.3 Å². The van der Waals surface area contributed by atoms with E-state index in [1.54, 1.807) is 0 Å². The van der Waals surface area contributed by atoms with Crippen molar-refractivity contribution in [2.75, 3.05) is 5.32 Å². The molecule has 1 aromatic carbocycles. The van der Waals surface area contributed by atoms with Gasteiger partial charge in [0.1, 0.15) is 5.60 Å². The molecule has 1 saturated carbocycles. The first kappa shape index (κ1) is 17.6. The van der Waals surface area contributed by atoms with Gasteiger partial charge in [0.2, 0.25) is 0 Å². The molecule has 0 saturated heterocycles. The van der Waals surface area contributed by atoms with Gasteiger partial charge < -0.3 is 21.1 Å². The fourth-order valence-corrected chi connectivity index (χ4v) is 2.88. The topological polar surface area (TPSA) is 76.4 Å². The second kappa shape index (κ2) is 7.68. The largest absolute Gasteiger partial charge is 0.444 e. The zero-order valence-electron chi connectivity index (χ0n) is 14.4. The molecule has 0 aromatic heterocycles. The molecule has 128 valence electrons. The summed E-state index contributed by atoms with van der Waals surface area (Å²) in [5.41, 5.74) is 7.69. The molecule has 0 aliphatic heterocycles. The number of ether oxygens (including phenoxy) is 1. The molecular formula is C18H29N3O2. The molecule has 2 atom stereocenters. The van der Waals surface area contributed by atoms with Gasteiger partial charge in [-0.05, 0) is 58.1 Å². The SMILES string of the molecule is CC(C)(C)OC(=O)NCc1ccccc1NC1CCCC(N)C1. The van der Waals surface area contributed by atoms with Crippen molar-refractivity contribution in [2.24, 2.45) is 5.73 Å². The molecule has 0 heterocycles. The Morgan fingerprint density at radius 2 is 2.04 bits per heavy atom. The molecule has 1 aliphatic carbocycles. The van der Waals surface area contributed by atoms with E-state index < -0.39 is 11.7 Å². The Hall–Kier alpha value is -1.75. The summed E-state index contributed by atoms with van der Waals surface area (Å²) in [5, 5.41) is 6.40. The zero-order valence-corrected chi connectivity index (χ0v) is 14.4. The summed E-state index contributed by atoms with van der Waals surface area (Å²) in [7, 11) is 0. The normalized spacial score (nSPS) is 21.6. The summed E-state index contributed by atoms with van der Waals surface area (Å²) in [6.07, 6.45) is 4.01. The van der Waals surface area contributed by atoms with Crippen molar-refractivity contribution >= 4 is 11.8 Å². The monoisotopic (exact) mass is 319 g/mol. The van der Waals surface area contributed by atoms with Crippen molar-refractivity contribution in [3.63, 3.8) is 0 Å². The van der Waals surface area contributed by atoms with Crippen LogP contribution in [0.4, 0.5) is 10.5 Å². The van der Waals surface area contributed by atoms with Crippen molar-refractivity contribution in [1.82, 2.24) is 5.32 Å². The van der Waals surface area contributed by atoms with Gasteiger partial charge in [-0.25, -0.2) is 4.79 Å². The Bertz CT molecular complexity index is 525. The van der Waals surface area contributed by atoms with Crippen LogP contribution in [0.15, 0.2) is 24.3 Å². The summed E-state index contributed by atoms with van der Waals surface area (Å²) in [6.45, 7) is 6.01. The van der Waals surface area contributed by atoms with E-state index in [1.807, 2.05) is 45.0 Å². The average Bonchev–Trinajstić information content (AvgIpc) is 2.44. The number of nitrogens with two attached hydrogens (primary N) is 1. The Labute approximate surface area is 139 Å². The summed E-state index contributed by atoms with van der Waals surface area (Å²) in [6, 6.07) is 8.73. The van der Waals surface area contributed by atoms with Gasteiger partial charge in [-0.15, -0.1) is 0 Å². The number of alkyl carbamates (subject to hydrolysis) is 1.